The number of hydrogen-bond acceptors (Lipinski definition) is 6. The van der Waals surface area contributed by atoms with Crippen LogP contribution in [0.15, 0.2) is 12.1 Å². The fourth-order valence-corrected chi connectivity index (χ4v) is 3.13. The number of benzene rings is 1. The minimum Gasteiger partial charge on any atom is -0.490 e. The Morgan fingerprint density at radius 3 is 2.65 bits per heavy atom. The Kier molecular flexibility index (Phi) is 4.84. The number of rotatable bonds is 5. The van der Waals surface area contributed by atoms with Gasteiger partial charge in [0, 0.05) is 20.0 Å². The van der Waals surface area contributed by atoms with Crippen LogP contribution in [0, 0.1) is 0 Å². The lowest BCUT2D eigenvalue weighted by molar-refractivity contribution is -0.163. The molecule has 0 saturated carbocycles. The summed E-state index contributed by atoms with van der Waals surface area (Å²) in [5.74, 6) is -0.399. The molecule has 0 aromatic heterocycles. The molecule has 1 aromatic carbocycles. The highest BCUT2D eigenvalue weighted by Gasteiger charge is 2.40. The third-order valence-corrected chi connectivity index (χ3v) is 4.30. The van der Waals surface area contributed by atoms with Crippen LogP contribution in [0.4, 0.5) is 0 Å². The quantitative estimate of drug-likeness (QED) is 0.608. The lowest BCUT2D eigenvalue weighted by Crippen LogP contribution is -2.37. The zero-order chi connectivity index (χ0) is 16.3. The van der Waals surface area contributed by atoms with Crippen LogP contribution in [-0.2, 0) is 31.8 Å². The highest BCUT2D eigenvalue weighted by Crippen LogP contribution is 2.38. The molecule has 6 nitrogen and oxygen atoms in total. The molecule has 0 bridgehead atoms. The van der Waals surface area contributed by atoms with Gasteiger partial charge in [-0.05, 0) is 29.7 Å². The maximum atomic E-state index is 12.1. The van der Waals surface area contributed by atoms with Crippen LogP contribution in [0.3, 0.4) is 0 Å². The second-order valence-corrected chi connectivity index (χ2v) is 5.73. The van der Waals surface area contributed by atoms with Crippen LogP contribution in [0.2, 0.25) is 0 Å². The van der Waals surface area contributed by atoms with E-state index in [9.17, 15) is 4.79 Å². The third kappa shape index (κ3) is 3.34. The van der Waals surface area contributed by atoms with E-state index < -0.39 is 11.8 Å². The van der Waals surface area contributed by atoms with Crippen molar-refractivity contribution >= 4 is 5.97 Å². The topological polar surface area (TPSA) is 63.2 Å². The lowest BCUT2D eigenvalue weighted by atomic mass is 9.86. The van der Waals surface area contributed by atoms with Gasteiger partial charge in [-0.1, -0.05) is 0 Å². The van der Waals surface area contributed by atoms with Crippen LogP contribution in [-0.4, -0.2) is 52.4 Å². The Bertz CT molecular complexity index is 577. The Labute approximate surface area is 135 Å². The molecule has 1 fully saturated rings. The summed E-state index contributed by atoms with van der Waals surface area (Å²) >= 11 is 0. The van der Waals surface area contributed by atoms with E-state index in [4.69, 9.17) is 23.7 Å². The van der Waals surface area contributed by atoms with E-state index in [1.807, 2.05) is 12.1 Å². The molecule has 6 heteroatoms. The largest absolute Gasteiger partial charge is 0.490 e. The van der Waals surface area contributed by atoms with Gasteiger partial charge in [-0.3, -0.25) is 0 Å². The van der Waals surface area contributed by atoms with Gasteiger partial charge in [0.2, 0.25) is 0 Å². The predicted octanol–water partition coefficient (Wildman–Crippen LogP) is 1.73. The first-order chi connectivity index (χ1) is 11.2. The molecule has 1 aromatic rings. The highest BCUT2D eigenvalue weighted by atomic mass is 16.7. The first-order valence-electron chi connectivity index (χ1n) is 7.81. The summed E-state index contributed by atoms with van der Waals surface area (Å²) < 4.78 is 27.1. The molecule has 1 aliphatic carbocycles. The van der Waals surface area contributed by atoms with E-state index in [0.717, 1.165) is 24.0 Å². The molecule has 0 radical (unpaired) electrons. The van der Waals surface area contributed by atoms with Crippen LogP contribution < -0.4 is 4.74 Å². The van der Waals surface area contributed by atoms with Crippen molar-refractivity contribution in [3.05, 3.63) is 28.8 Å². The number of methoxy groups -OCH3 is 2. The fourth-order valence-electron chi connectivity index (χ4n) is 3.13. The predicted molar refractivity (Wildman–Crippen MR) is 81.8 cm³/mol. The second-order valence-electron chi connectivity index (χ2n) is 5.73. The summed E-state index contributed by atoms with van der Waals surface area (Å²) in [4.78, 5) is 12.1. The number of fused-ring (bicyclic) bond motifs is 1. The molecular weight excluding hydrogens is 300 g/mol. The molecule has 3 rings (SSSR count). The van der Waals surface area contributed by atoms with Crippen molar-refractivity contribution in [1.82, 2.24) is 0 Å². The van der Waals surface area contributed by atoms with Gasteiger partial charge in [-0.2, -0.15) is 0 Å². The number of carbonyl (C=O) groups is 1. The van der Waals surface area contributed by atoms with Crippen molar-refractivity contribution in [2.75, 3.05) is 40.6 Å². The fraction of sp³-hybridized carbons (Fsp3) is 0.588. The molecule has 0 N–H and O–H groups in total. The van der Waals surface area contributed by atoms with Crippen molar-refractivity contribution in [1.29, 1.82) is 0 Å². The molecule has 1 aliphatic heterocycles. The van der Waals surface area contributed by atoms with Gasteiger partial charge < -0.3 is 23.7 Å². The van der Waals surface area contributed by atoms with Gasteiger partial charge in [-0.25, -0.2) is 4.79 Å². The van der Waals surface area contributed by atoms with E-state index in [-0.39, 0.29) is 0 Å². The van der Waals surface area contributed by atoms with Gasteiger partial charge in [0.15, 0.2) is 5.79 Å². The summed E-state index contributed by atoms with van der Waals surface area (Å²) in [6.07, 6.45) is 2.29. The standard InChI is InChI=1S/C17H22O6/c1-19-5-6-21-15-10-12-3-4-17(22-7-8-23-17)11-13(12)9-14(15)16(18)20-2/h9-10H,3-8,11H2,1-2H3. The van der Waals surface area contributed by atoms with E-state index in [1.54, 1.807) is 7.11 Å². The van der Waals surface area contributed by atoms with Crippen LogP contribution >= 0.6 is 0 Å². The van der Waals surface area contributed by atoms with Crippen molar-refractivity contribution in [2.45, 2.75) is 25.0 Å². The van der Waals surface area contributed by atoms with Gasteiger partial charge in [0.05, 0.1) is 26.9 Å². The Morgan fingerprint density at radius 2 is 1.96 bits per heavy atom. The molecule has 0 amide bonds. The molecule has 1 saturated heterocycles. The number of esters is 1. The second kappa shape index (κ2) is 6.86. The molecular formula is C17H22O6. The summed E-state index contributed by atoms with van der Waals surface area (Å²) in [5, 5.41) is 0. The first-order valence-corrected chi connectivity index (χ1v) is 7.81. The average molecular weight is 322 g/mol. The molecule has 0 atom stereocenters. The molecule has 126 valence electrons. The van der Waals surface area contributed by atoms with Crippen molar-refractivity contribution < 1.29 is 28.5 Å². The SMILES string of the molecule is COCCOc1cc2c(cc1C(=O)OC)CC1(CC2)OCCO1. The number of aryl methyl sites for hydroxylation is 1. The summed E-state index contributed by atoms with van der Waals surface area (Å²) in [7, 11) is 2.98. The van der Waals surface area contributed by atoms with E-state index in [2.05, 4.69) is 0 Å². The van der Waals surface area contributed by atoms with Crippen molar-refractivity contribution in [3.8, 4) is 5.75 Å². The zero-order valence-electron chi connectivity index (χ0n) is 13.6. The van der Waals surface area contributed by atoms with Crippen molar-refractivity contribution in [3.63, 3.8) is 0 Å². The molecule has 1 spiro atoms. The number of ether oxygens (including phenoxy) is 5. The minimum atomic E-state index is -0.529. The molecule has 23 heavy (non-hydrogen) atoms. The summed E-state index contributed by atoms with van der Waals surface area (Å²) in [6, 6.07) is 3.77. The Morgan fingerprint density at radius 1 is 1.17 bits per heavy atom. The number of hydrogen-bond donors (Lipinski definition) is 0. The average Bonchev–Trinajstić information content (AvgIpc) is 3.02. The monoisotopic (exact) mass is 322 g/mol. The summed E-state index contributed by atoms with van der Waals surface area (Å²) in [6.45, 7) is 2.09. The molecule has 0 unspecified atom stereocenters. The van der Waals surface area contributed by atoms with Crippen LogP contribution in [0.25, 0.3) is 0 Å². The third-order valence-electron chi connectivity index (χ3n) is 4.30. The van der Waals surface area contributed by atoms with E-state index in [0.29, 0.717) is 44.2 Å². The normalized spacial score (nSPS) is 18.7. The van der Waals surface area contributed by atoms with Crippen LogP contribution in [0.5, 0.6) is 5.75 Å². The van der Waals surface area contributed by atoms with E-state index in [1.165, 1.54) is 7.11 Å². The smallest absolute Gasteiger partial charge is 0.341 e. The Balaban J connectivity index is 1.89. The zero-order valence-corrected chi connectivity index (χ0v) is 13.6. The summed E-state index contributed by atoms with van der Waals surface area (Å²) in [5.41, 5.74) is 2.64. The van der Waals surface area contributed by atoms with Gasteiger partial charge in [0.1, 0.15) is 17.9 Å². The van der Waals surface area contributed by atoms with Crippen LogP contribution in [0.1, 0.15) is 27.9 Å². The first kappa shape index (κ1) is 16.2. The van der Waals surface area contributed by atoms with Crippen molar-refractivity contribution in [2.24, 2.45) is 0 Å². The maximum Gasteiger partial charge on any atom is 0.341 e. The number of carbonyl (C=O) groups excluding carboxylic acids is 1. The molecule has 2 aliphatic rings. The van der Waals surface area contributed by atoms with Gasteiger partial charge in [0.25, 0.3) is 0 Å². The minimum absolute atomic E-state index is 0.384. The van der Waals surface area contributed by atoms with E-state index >= 15 is 0 Å². The van der Waals surface area contributed by atoms with Gasteiger partial charge >= 0.3 is 5.97 Å². The lowest BCUT2D eigenvalue weighted by Gasteiger charge is -2.33. The van der Waals surface area contributed by atoms with Gasteiger partial charge in [-0.15, -0.1) is 0 Å². The molecule has 1 heterocycles. The Hall–Kier alpha value is -1.63. The maximum absolute atomic E-state index is 12.1. The highest BCUT2D eigenvalue weighted by molar-refractivity contribution is 5.93.